The quantitative estimate of drug-likeness (QED) is 0.121. The van der Waals surface area contributed by atoms with E-state index in [-0.39, 0.29) is 98.8 Å². The molecule has 0 saturated carbocycles. The molecule has 8 nitrogen and oxygen atoms in total. The van der Waals surface area contributed by atoms with Crippen molar-refractivity contribution in [3.63, 3.8) is 0 Å². The molecule has 0 aromatic rings. The molecular weight excluding hydrogens is 313 g/mol. The molecule has 0 unspecified atom stereocenters. The number of ether oxygens (including phenoxy) is 3. The van der Waals surface area contributed by atoms with Gasteiger partial charge in [0.25, 0.3) is 0 Å². The first kappa shape index (κ1) is 26.2. The van der Waals surface area contributed by atoms with Crippen LogP contribution in [0.3, 0.4) is 0 Å². The molecule has 0 bridgehead atoms. The fraction of sp³-hybridized carbons (Fsp3) is 0.667. The topological polar surface area (TPSA) is 117 Å². The van der Waals surface area contributed by atoms with Gasteiger partial charge in [0.2, 0.25) is 0 Å². The van der Waals surface area contributed by atoms with E-state index in [2.05, 4.69) is 15.8 Å². The number of carbonyl (C=O) groups is 1. The molecule has 20 heavy (non-hydrogen) atoms. The van der Waals surface area contributed by atoms with Crippen LogP contribution in [0.25, 0.3) is 0 Å². The number of hydrogen-bond donors (Lipinski definition) is 0. The van der Waals surface area contributed by atoms with Gasteiger partial charge in [0.05, 0.1) is 40.9 Å². The Labute approximate surface area is 162 Å². The molecule has 0 rings (SSSR count). The maximum atomic E-state index is 10.6. The van der Waals surface area contributed by atoms with E-state index >= 15 is 0 Å². The monoisotopic (exact) mass is 328 g/mol. The van der Waals surface area contributed by atoms with Crippen LogP contribution < -0.4 is 68.9 Å². The van der Waals surface area contributed by atoms with Crippen LogP contribution >= 0.6 is 7.82 Å². The fourth-order valence-corrected chi connectivity index (χ4v) is 1.09. The van der Waals surface area contributed by atoms with Crippen molar-refractivity contribution >= 4 is 13.8 Å². The number of carbonyl (C=O) groups excluding carboxylic acids is 1. The zero-order chi connectivity index (χ0) is 13.9. The molecule has 106 valence electrons. The van der Waals surface area contributed by atoms with E-state index in [9.17, 15) is 19.1 Å². The second-order valence-corrected chi connectivity index (χ2v) is 4.03. The third-order valence-corrected chi connectivity index (χ3v) is 1.99. The van der Waals surface area contributed by atoms with Crippen LogP contribution in [0, 0.1) is 0 Å². The summed E-state index contributed by atoms with van der Waals surface area (Å²) in [7, 11) is -4.92. The van der Waals surface area contributed by atoms with E-state index < -0.39 is 13.8 Å². The Bertz CT molecular complexity index is 296. The molecule has 11 heteroatoms. The summed E-state index contributed by atoms with van der Waals surface area (Å²) >= 11 is 0. The van der Waals surface area contributed by atoms with Crippen molar-refractivity contribution < 1.29 is 97.0 Å². The van der Waals surface area contributed by atoms with Crippen molar-refractivity contribution in [2.75, 3.05) is 39.6 Å². The Balaban J connectivity index is -0.00000144. The van der Waals surface area contributed by atoms with Crippen molar-refractivity contribution in [1.29, 1.82) is 0 Å². The Hall–Kier alpha value is 1.24. The summed E-state index contributed by atoms with van der Waals surface area (Å²) in [5.74, 6) is -0.522. The van der Waals surface area contributed by atoms with Gasteiger partial charge < -0.3 is 33.1 Å². The van der Waals surface area contributed by atoms with Gasteiger partial charge in [-0.2, -0.15) is 0 Å². The second kappa shape index (κ2) is 16.6. The number of phosphoric acid groups is 1. The summed E-state index contributed by atoms with van der Waals surface area (Å²) in [6.45, 7) is 3.67. The van der Waals surface area contributed by atoms with Gasteiger partial charge in [0.15, 0.2) is 0 Å². The second-order valence-electron chi connectivity index (χ2n) is 2.88. The predicted molar refractivity (Wildman–Crippen MR) is 56.4 cm³/mol. The van der Waals surface area contributed by atoms with Gasteiger partial charge in [0.1, 0.15) is 6.61 Å². The normalized spacial score (nSPS) is 10.1. The first-order valence-corrected chi connectivity index (χ1v) is 6.53. The van der Waals surface area contributed by atoms with E-state index in [4.69, 9.17) is 9.47 Å². The van der Waals surface area contributed by atoms with Gasteiger partial charge >= 0.3 is 65.1 Å². The molecule has 0 radical (unpaired) electrons. The molecule has 0 aromatic carbocycles. The number of rotatable bonds is 11. The predicted octanol–water partition coefficient (Wildman–Crippen LogP) is -7.40. The van der Waals surface area contributed by atoms with E-state index in [1.54, 1.807) is 0 Å². The minimum Gasteiger partial charge on any atom is -0.790 e. The third-order valence-electron chi connectivity index (χ3n) is 1.49. The minimum absolute atomic E-state index is 0. The van der Waals surface area contributed by atoms with Crippen LogP contribution in [0.5, 0.6) is 0 Å². The zero-order valence-electron chi connectivity index (χ0n) is 11.7. The van der Waals surface area contributed by atoms with Gasteiger partial charge in [-0.05, 0) is 0 Å². The maximum Gasteiger partial charge on any atom is 1.00 e. The average Bonchev–Trinajstić information content (AvgIpc) is 2.29. The van der Waals surface area contributed by atoms with Crippen LogP contribution in [0.15, 0.2) is 12.7 Å². The largest absolute Gasteiger partial charge is 1.00 e. The molecular formula is C9H15Na2O8P. The van der Waals surface area contributed by atoms with Crippen molar-refractivity contribution in [3.8, 4) is 0 Å². The van der Waals surface area contributed by atoms with Gasteiger partial charge in [-0.1, -0.05) is 6.58 Å². The van der Waals surface area contributed by atoms with Gasteiger partial charge in [-0.3, -0.25) is 0 Å². The van der Waals surface area contributed by atoms with Gasteiger partial charge in [-0.15, -0.1) is 0 Å². The molecule has 0 aliphatic carbocycles. The average molecular weight is 328 g/mol. The van der Waals surface area contributed by atoms with Gasteiger partial charge in [0, 0.05) is 6.08 Å². The third kappa shape index (κ3) is 21.5. The number of hydrogen-bond acceptors (Lipinski definition) is 8. The molecule has 0 aliphatic rings. The first-order valence-electron chi connectivity index (χ1n) is 5.07. The summed E-state index contributed by atoms with van der Waals surface area (Å²) in [5, 5.41) is 0. The number of esters is 1. The van der Waals surface area contributed by atoms with Crippen molar-refractivity contribution in [2.24, 2.45) is 0 Å². The van der Waals surface area contributed by atoms with E-state index in [0.717, 1.165) is 6.08 Å². The van der Waals surface area contributed by atoms with Crippen molar-refractivity contribution in [3.05, 3.63) is 12.7 Å². The van der Waals surface area contributed by atoms with E-state index in [1.807, 2.05) is 0 Å². The summed E-state index contributed by atoms with van der Waals surface area (Å²) < 4.78 is 28.5. The summed E-state index contributed by atoms with van der Waals surface area (Å²) in [4.78, 5) is 30.7. The molecule has 0 amide bonds. The Morgan fingerprint density at radius 1 is 1.00 bits per heavy atom. The van der Waals surface area contributed by atoms with Crippen LogP contribution in [0.4, 0.5) is 0 Å². The Morgan fingerprint density at radius 3 is 1.90 bits per heavy atom. The standard InChI is InChI=1S/C9H17O8P.2Na/c1-2-9(10)16-7-5-14-3-4-15-6-8-17-18(11,12)13;;/h2H,1,3-8H2,(H2,11,12,13);;/q;2*+1/p-2. The van der Waals surface area contributed by atoms with Crippen LogP contribution in [-0.4, -0.2) is 45.6 Å². The zero-order valence-corrected chi connectivity index (χ0v) is 16.6. The molecule has 0 heterocycles. The van der Waals surface area contributed by atoms with Crippen LogP contribution in [-0.2, 0) is 28.1 Å². The molecule has 0 N–H and O–H groups in total. The smallest absolute Gasteiger partial charge is 0.790 e. The number of phosphoric ester groups is 1. The first-order chi connectivity index (χ1) is 8.45. The van der Waals surface area contributed by atoms with Crippen molar-refractivity contribution in [2.45, 2.75) is 0 Å². The van der Waals surface area contributed by atoms with Crippen molar-refractivity contribution in [1.82, 2.24) is 0 Å². The summed E-state index contributed by atoms with van der Waals surface area (Å²) in [5.41, 5.74) is 0. The van der Waals surface area contributed by atoms with Crippen LogP contribution in [0.1, 0.15) is 0 Å². The maximum absolute atomic E-state index is 10.6. The molecule has 0 saturated heterocycles. The molecule has 0 fully saturated rings. The molecule has 0 aliphatic heterocycles. The summed E-state index contributed by atoms with van der Waals surface area (Å²) in [6.07, 6.45) is 1.05. The SMILES string of the molecule is C=CC(=O)OCCOCCOCCOP(=O)([O-])[O-].[Na+].[Na+]. The molecule has 0 atom stereocenters. The fourth-order valence-electron chi connectivity index (χ4n) is 0.790. The van der Waals surface area contributed by atoms with E-state index in [0.29, 0.717) is 0 Å². The molecule has 0 aromatic heterocycles. The van der Waals surface area contributed by atoms with Gasteiger partial charge in [-0.25, -0.2) is 4.79 Å². The van der Waals surface area contributed by atoms with E-state index in [1.165, 1.54) is 0 Å². The minimum atomic E-state index is -4.92. The summed E-state index contributed by atoms with van der Waals surface area (Å²) in [6, 6.07) is 0. The molecule has 0 spiro atoms. The Kier molecular flexibility index (Phi) is 21.7. The van der Waals surface area contributed by atoms with Crippen LogP contribution in [0.2, 0.25) is 0 Å². The Morgan fingerprint density at radius 2 is 1.45 bits per heavy atom.